The van der Waals surface area contributed by atoms with E-state index in [9.17, 15) is 12.8 Å². The fraction of sp³-hybridized carbons (Fsp3) is 0.350. The van der Waals surface area contributed by atoms with Crippen molar-refractivity contribution in [1.29, 1.82) is 0 Å². The van der Waals surface area contributed by atoms with Gasteiger partial charge in [0.15, 0.2) is 5.96 Å². The monoisotopic (exact) mass is 406 g/mol. The van der Waals surface area contributed by atoms with Crippen molar-refractivity contribution in [1.82, 2.24) is 15.4 Å². The molecule has 0 aromatic heterocycles. The van der Waals surface area contributed by atoms with Gasteiger partial charge in [-0.15, -0.1) is 0 Å². The highest BCUT2D eigenvalue weighted by Crippen LogP contribution is 2.09. The van der Waals surface area contributed by atoms with Crippen LogP contribution in [0.3, 0.4) is 0 Å². The minimum absolute atomic E-state index is 0.0443. The SMILES string of the molecule is CCNC(=NCc1ccc(CS(=O)(=O)NC)cc1)NCCc1cccc(F)c1. The summed E-state index contributed by atoms with van der Waals surface area (Å²) in [6, 6.07) is 13.9. The first-order valence-electron chi connectivity index (χ1n) is 9.17. The third-order valence-corrected chi connectivity index (χ3v) is 5.39. The van der Waals surface area contributed by atoms with Crippen LogP contribution in [0.4, 0.5) is 4.39 Å². The molecule has 0 saturated carbocycles. The lowest BCUT2D eigenvalue weighted by Crippen LogP contribution is -2.38. The topological polar surface area (TPSA) is 82.6 Å². The number of halogens is 1. The van der Waals surface area contributed by atoms with E-state index in [0.29, 0.717) is 25.5 Å². The molecule has 0 unspecified atom stereocenters. The normalized spacial score (nSPS) is 12.0. The van der Waals surface area contributed by atoms with Gasteiger partial charge in [0, 0.05) is 13.1 Å². The molecule has 0 aliphatic carbocycles. The van der Waals surface area contributed by atoms with Crippen molar-refractivity contribution >= 4 is 16.0 Å². The Balaban J connectivity index is 1.90. The average molecular weight is 407 g/mol. The lowest BCUT2D eigenvalue weighted by Gasteiger charge is -2.11. The fourth-order valence-corrected chi connectivity index (χ4v) is 3.34. The standard InChI is InChI=1S/C20H27FN4O2S/c1-3-23-20(24-12-11-16-5-4-6-19(21)13-16)25-14-17-7-9-18(10-8-17)15-28(26,27)22-2/h4-10,13,22H,3,11-12,14-15H2,1-2H3,(H2,23,24,25). The van der Waals surface area contributed by atoms with Gasteiger partial charge in [-0.1, -0.05) is 36.4 Å². The second-order valence-corrected chi connectivity index (χ2v) is 8.21. The van der Waals surface area contributed by atoms with E-state index in [-0.39, 0.29) is 11.6 Å². The highest BCUT2D eigenvalue weighted by Gasteiger charge is 2.08. The summed E-state index contributed by atoms with van der Waals surface area (Å²) >= 11 is 0. The Morgan fingerprint density at radius 1 is 1.04 bits per heavy atom. The summed E-state index contributed by atoms with van der Waals surface area (Å²) < 4.78 is 38.7. The molecule has 6 nitrogen and oxygen atoms in total. The molecule has 2 rings (SSSR count). The molecule has 3 N–H and O–H groups in total. The third kappa shape index (κ3) is 7.66. The van der Waals surface area contributed by atoms with Gasteiger partial charge in [0.25, 0.3) is 0 Å². The number of hydrogen-bond acceptors (Lipinski definition) is 3. The van der Waals surface area contributed by atoms with Gasteiger partial charge < -0.3 is 10.6 Å². The molecule has 0 radical (unpaired) electrons. The molecule has 2 aromatic rings. The van der Waals surface area contributed by atoms with Gasteiger partial charge in [-0.05, 0) is 49.2 Å². The van der Waals surface area contributed by atoms with Crippen molar-refractivity contribution in [2.24, 2.45) is 4.99 Å². The van der Waals surface area contributed by atoms with Gasteiger partial charge in [0.1, 0.15) is 5.82 Å². The van der Waals surface area contributed by atoms with Crippen LogP contribution in [0.15, 0.2) is 53.5 Å². The number of aliphatic imine (C=N–C) groups is 1. The van der Waals surface area contributed by atoms with Gasteiger partial charge in [0.05, 0.1) is 12.3 Å². The number of benzene rings is 2. The molecule has 0 fully saturated rings. The second-order valence-electron chi connectivity index (χ2n) is 6.28. The van der Waals surface area contributed by atoms with Crippen molar-refractivity contribution in [2.75, 3.05) is 20.1 Å². The van der Waals surface area contributed by atoms with Crippen LogP contribution in [0.25, 0.3) is 0 Å². The predicted molar refractivity (Wildman–Crippen MR) is 111 cm³/mol. The maximum absolute atomic E-state index is 13.2. The minimum atomic E-state index is -3.28. The van der Waals surface area contributed by atoms with Crippen molar-refractivity contribution in [2.45, 2.75) is 25.6 Å². The summed E-state index contributed by atoms with van der Waals surface area (Å²) in [6.45, 7) is 3.82. The van der Waals surface area contributed by atoms with E-state index < -0.39 is 10.0 Å². The molecule has 2 aromatic carbocycles. The smallest absolute Gasteiger partial charge is 0.215 e. The Hall–Kier alpha value is -2.45. The molecule has 0 amide bonds. The van der Waals surface area contributed by atoms with Gasteiger partial charge >= 0.3 is 0 Å². The van der Waals surface area contributed by atoms with E-state index in [0.717, 1.165) is 23.2 Å². The summed E-state index contributed by atoms with van der Waals surface area (Å²) in [7, 11) is -1.87. The fourth-order valence-electron chi connectivity index (χ4n) is 2.56. The maximum Gasteiger partial charge on any atom is 0.215 e. The summed E-state index contributed by atoms with van der Waals surface area (Å²) in [5, 5.41) is 6.42. The van der Waals surface area contributed by atoms with E-state index in [2.05, 4.69) is 20.3 Å². The number of hydrogen-bond donors (Lipinski definition) is 3. The largest absolute Gasteiger partial charge is 0.357 e. The molecule has 0 bridgehead atoms. The highest BCUT2D eigenvalue weighted by molar-refractivity contribution is 7.88. The van der Waals surface area contributed by atoms with Gasteiger partial charge in [-0.3, -0.25) is 0 Å². The Bertz CT molecular complexity index is 883. The first kappa shape index (κ1) is 21.8. The molecule has 0 saturated heterocycles. The van der Waals surface area contributed by atoms with E-state index in [1.807, 2.05) is 25.1 Å². The van der Waals surface area contributed by atoms with E-state index in [1.165, 1.54) is 19.2 Å². The molecule has 0 heterocycles. The maximum atomic E-state index is 13.2. The Morgan fingerprint density at radius 3 is 2.39 bits per heavy atom. The number of nitrogens with one attached hydrogen (secondary N) is 3. The van der Waals surface area contributed by atoms with Crippen molar-refractivity contribution in [3.63, 3.8) is 0 Å². The van der Waals surface area contributed by atoms with Crippen LogP contribution >= 0.6 is 0 Å². The third-order valence-electron chi connectivity index (χ3n) is 4.05. The molecule has 0 spiro atoms. The summed E-state index contributed by atoms with van der Waals surface area (Å²) in [6.07, 6.45) is 0.691. The lowest BCUT2D eigenvalue weighted by molar-refractivity contribution is 0.587. The zero-order valence-electron chi connectivity index (χ0n) is 16.2. The summed E-state index contributed by atoms with van der Waals surface area (Å²) in [5.74, 6) is 0.405. The molecular weight excluding hydrogens is 379 g/mol. The molecule has 152 valence electrons. The van der Waals surface area contributed by atoms with E-state index >= 15 is 0 Å². The van der Waals surface area contributed by atoms with Crippen LogP contribution < -0.4 is 15.4 Å². The first-order chi connectivity index (χ1) is 13.4. The Morgan fingerprint density at radius 2 is 1.75 bits per heavy atom. The van der Waals surface area contributed by atoms with Crippen LogP contribution in [-0.4, -0.2) is 34.5 Å². The molecule has 8 heteroatoms. The second kappa shape index (κ2) is 10.8. The number of nitrogens with zero attached hydrogens (tertiary/aromatic N) is 1. The average Bonchev–Trinajstić information content (AvgIpc) is 2.67. The molecular formula is C20H27FN4O2S. The zero-order valence-corrected chi connectivity index (χ0v) is 17.0. The van der Waals surface area contributed by atoms with Gasteiger partial charge in [-0.25, -0.2) is 22.5 Å². The van der Waals surface area contributed by atoms with E-state index in [4.69, 9.17) is 0 Å². The van der Waals surface area contributed by atoms with Crippen molar-refractivity contribution in [3.05, 3.63) is 71.0 Å². The van der Waals surface area contributed by atoms with Crippen LogP contribution in [-0.2, 0) is 28.7 Å². The number of guanidine groups is 1. The minimum Gasteiger partial charge on any atom is -0.357 e. The van der Waals surface area contributed by atoms with Crippen LogP contribution in [0.1, 0.15) is 23.6 Å². The highest BCUT2D eigenvalue weighted by atomic mass is 32.2. The zero-order chi connectivity index (χ0) is 20.4. The molecule has 0 atom stereocenters. The predicted octanol–water partition coefficient (Wildman–Crippen LogP) is 2.17. The van der Waals surface area contributed by atoms with Crippen LogP contribution in [0, 0.1) is 5.82 Å². The van der Waals surface area contributed by atoms with Gasteiger partial charge in [-0.2, -0.15) is 0 Å². The number of rotatable bonds is 9. The van der Waals surface area contributed by atoms with Crippen molar-refractivity contribution < 1.29 is 12.8 Å². The summed E-state index contributed by atoms with van der Waals surface area (Å²) in [5.41, 5.74) is 2.63. The van der Waals surface area contributed by atoms with Gasteiger partial charge in [0.2, 0.25) is 10.0 Å². The molecule has 28 heavy (non-hydrogen) atoms. The molecule has 0 aliphatic heterocycles. The summed E-state index contributed by atoms with van der Waals surface area (Å²) in [4.78, 5) is 4.54. The first-order valence-corrected chi connectivity index (χ1v) is 10.8. The molecule has 0 aliphatic rings. The van der Waals surface area contributed by atoms with Crippen molar-refractivity contribution in [3.8, 4) is 0 Å². The number of sulfonamides is 1. The van der Waals surface area contributed by atoms with Crippen LogP contribution in [0.2, 0.25) is 0 Å². The Kier molecular flexibility index (Phi) is 8.41. The Labute approximate surface area is 166 Å². The lowest BCUT2D eigenvalue weighted by atomic mass is 10.1. The quantitative estimate of drug-likeness (QED) is 0.440. The van der Waals surface area contributed by atoms with E-state index in [1.54, 1.807) is 18.2 Å². The van der Waals surface area contributed by atoms with Crippen LogP contribution in [0.5, 0.6) is 0 Å².